The lowest BCUT2D eigenvalue weighted by Crippen LogP contribution is -2.30. The van der Waals surface area contributed by atoms with E-state index in [1.54, 1.807) is 6.92 Å². The number of benzene rings is 2. The first-order valence-corrected chi connectivity index (χ1v) is 16.7. The van der Waals surface area contributed by atoms with Crippen molar-refractivity contribution in [2.75, 3.05) is 23.9 Å². The van der Waals surface area contributed by atoms with E-state index < -0.39 is 0 Å². The first-order chi connectivity index (χ1) is 19.5. The molecule has 1 aliphatic heterocycles. The number of ether oxygens (including phenoxy) is 1. The van der Waals surface area contributed by atoms with Gasteiger partial charge in [0.15, 0.2) is 0 Å². The van der Waals surface area contributed by atoms with Gasteiger partial charge in [0.25, 0.3) is 0 Å². The summed E-state index contributed by atoms with van der Waals surface area (Å²) in [6.45, 7) is 8.41. The van der Waals surface area contributed by atoms with Crippen molar-refractivity contribution in [3.8, 4) is 5.75 Å². The number of rotatable bonds is 20. The molecule has 0 unspecified atom stereocenters. The monoisotopic (exact) mass is 564 g/mol. The summed E-state index contributed by atoms with van der Waals surface area (Å²) in [6, 6.07) is 16.8. The molecular formula is C35H52N2O2S. The molecule has 40 heavy (non-hydrogen) atoms. The van der Waals surface area contributed by atoms with Gasteiger partial charge in [-0.3, -0.25) is 4.79 Å². The molecule has 5 heteroatoms. The summed E-state index contributed by atoms with van der Waals surface area (Å²) in [5.41, 5.74) is 3.42. The van der Waals surface area contributed by atoms with E-state index in [1.807, 2.05) is 22.7 Å². The minimum atomic E-state index is 0.0710. The van der Waals surface area contributed by atoms with Gasteiger partial charge in [0.1, 0.15) is 5.75 Å². The molecule has 0 saturated heterocycles. The van der Waals surface area contributed by atoms with E-state index >= 15 is 0 Å². The van der Waals surface area contributed by atoms with Gasteiger partial charge in [-0.05, 0) is 60.1 Å². The molecule has 1 amide bonds. The van der Waals surface area contributed by atoms with Crippen molar-refractivity contribution in [2.24, 2.45) is 0 Å². The molecule has 0 spiro atoms. The number of hydrogen-bond acceptors (Lipinski definition) is 4. The number of carbonyl (C=O) groups excluding carboxylic acids is 1. The van der Waals surface area contributed by atoms with Crippen LogP contribution in [0.25, 0.3) is 0 Å². The smallest absolute Gasteiger partial charge is 0.223 e. The zero-order valence-corrected chi connectivity index (χ0v) is 26.2. The van der Waals surface area contributed by atoms with Crippen LogP contribution in [0.5, 0.6) is 5.75 Å². The minimum absolute atomic E-state index is 0.0710. The van der Waals surface area contributed by atoms with Crippen LogP contribution in [0.4, 0.5) is 5.69 Å². The third kappa shape index (κ3) is 12.4. The maximum atomic E-state index is 12.5. The molecule has 1 aliphatic rings. The van der Waals surface area contributed by atoms with E-state index in [9.17, 15) is 4.79 Å². The minimum Gasteiger partial charge on any atom is -0.494 e. The topological polar surface area (TPSA) is 32.8 Å². The number of allylic oxidation sites excluding steroid dienone is 1. The molecule has 2 aromatic rings. The molecule has 1 heterocycles. The van der Waals surface area contributed by atoms with Crippen LogP contribution >= 0.6 is 11.8 Å². The Bertz CT molecular complexity index is 1020. The highest BCUT2D eigenvalue weighted by atomic mass is 32.2. The van der Waals surface area contributed by atoms with Crippen LogP contribution in [0.2, 0.25) is 0 Å². The Labute approximate surface area is 248 Å². The number of anilines is 1. The van der Waals surface area contributed by atoms with Crippen molar-refractivity contribution in [3.05, 3.63) is 70.8 Å². The van der Waals surface area contributed by atoms with Crippen LogP contribution in [0, 0.1) is 0 Å². The summed E-state index contributed by atoms with van der Waals surface area (Å²) in [7, 11) is 0. The maximum Gasteiger partial charge on any atom is 0.223 e. The second-order valence-electron chi connectivity index (χ2n) is 11.2. The maximum absolute atomic E-state index is 12.5. The molecule has 220 valence electrons. The summed E-state index contributed by atoms with van der Waals surface area (Å²) >= 11 is 1.88. The number of nitrogens with zero attached hydrogens (tertiary/aromatic N) is 2. The fourth-order valence-electron chi connectivity index (χ4n) is 5.26. The highest BCUT2D eigenvalue weighted by Crippen LogP contribution is 2.26. The summed E-state index contributed by atoms with van der Waals surface area (Å²) < 4.78 is 6.06. The van der Waals surface area contributed by atoms with Crippen molar-refractivity contribution in [1.82, 2.24) is 4.90 Å². The molecule has 0 aromatic heterocycles. The molecule has 0 N–H and O–H groups in total. The Hall–Kier alpha value is -2.40. The largest absolute Gasteiger partial charge is 0.494 e. The van der Waals surface area contributed by atoms with Gasteiger partial charge in [0, 0.05) is 31.9 Å². The molecule has 0 bridgehead atoms. The number of amides is 1. The Kier molecular flexibility index (Phi) is 15.1. The van der Waals surface area contributed by atoms with E-state index in [2.05, 4.69) is 67.4 Å². The SMILES string of the molecule is CCCCCCCCCCCCCCOc1cccc(CCN(C(C)=O)c2ccc(CN3C=C(C)SC3)cc2)c1. The Morgan fingerprint density at radius 2 is 1.52 bits per heavy atom. The average molecular weight is 565 g/mol. The van der Waals surface area contributed by atoms with Gasteiger partial charge >= 0.3 is 0 Å². The molecule has 4 nitrogen and oxygen atoms in total. The lowest BCUT2D eigenvalue weighted by atomic mass is 10.1. The van der Waals surface area contributed by atoms with Gasteiger partial charge < -0.3 is 14.5 Å². The fourth-order valence-corrected chi connectivity index (χ4v) is 6.02. The van der Waals surface area contributed by atoms with Crippen LogP contribution in [0.1, 0.15) is 109 Å². The second kappa shape index (κ2) is 18.9. The van der Waals surface area contributed by atoms with Crippen LogP contribution in [-0.2, 0) is 17.8 Å². The van der Waals surface area contributed by atoms with Crippen molar-refractivity contribution in [3.63, 3.8) is 0 Å². The number of carbonyl (C=O) groups is 1. The predicted molar refractivity (Wildman–Crippen MR) is 173 cm³/mol. The van der Waals surface area contributed by atoms with Crippen LogP contribution in [0.15, 0.2) is 59.6 Å². The Morgan fingerprint density at radius 1 is 0.875 bits per heavy atom. The molecule has 0 fully saturated rings. The zero-order chi connectivity index (χ0) is 28.4. The van der Waals surface area contributed by atoms with E-state index in [4.69, 9.17) is 4.74 Å². The number of hydrogen-bond donors (Lipinski definition) is 0. The molecule has 3 rings (SSSR count). The summed E-state index contributed by atoms with van der Waals surface area (Å²) in [5.74, 6) is 2.01. The number of unbranched alkanes of at least 4 members (excludes halogenated alkanes) is 11. The molecular weight excluding hydrogens is 512 g/mol. The lowest BCUT2D eigenvalue weighted by molar-refractivity contribution is -0.116. The third-order valence-electron chi connectivity index (χ3n) is 7.63. The highest BCUT2D eigenvalue weighted by Gasteiger charge is 2.13. The van der Waals surface area contributed by atoms with E-state index in [0.29, 0.717) is 6.54 Å². The average Bonchev–Trinajstić information content (AvgIpc) is 3.36. The fraction of sp³-hybridized carbons (Fsp3) is 0.571. The second-order valence-corrected chi connectivity index (χ2v) is 12.4. The summed E-state index contributed by atoms with van der Waals surface area (Å²) in [4.78, 5) is 18.0. The van der Waals surface area contributed by atoms with Crippen LogP contribution in [0.3, 0.4) is 0 Å². The van der Waals surface area contributed by atoms with Gasteiger partial charge in [0.05, 0.1) is 12.5 Å². The molecule has 0 aliphatic carbocycles. The molecule has 2 aromatic carbocycles. The van der Waals surface area contributed by atoms with E-state index in [0.717, 1.165) is 43.3 Å². The van der Waals surface area contributed by atoms with Crippen molar-refractivity contribution < 1.29 is 9.53 Å². The van der Waals surface area contributed by atoms with Gasteiger partial charge in [-0.15, -0.1) is 11.8 Å². The van der Waals surface area contributed by atoms with Crippen LogP contribution in [-0.4, -0.2) is 29.8 Å². The van der Waals surface area contributed by atoms with Crippen LogP contribution < -0.4 is 9.64 Å². The molecule has 0 radical (unpaired) electrons. The number of thioether (sulfide) groups is 1. The van der Waals surface area contributed by atoms with Crippen molar-refractivity contribution in [1.29, 1.82) is 0 Å². The van der Waals surface area contributed by atoms with Crippen molar-refractivity contribution >= 4 is 23.4 Å². The molecule has 0 atom stereocenters. The summed E-state index contributed by atoms with van der Waals surface area (Å²) in [5, 5.41) is 0. The predicted octanol–water partition coefficient (Wildman–Crippen LogP) is 9.73. The first-order valence-electron chi connectivity index (χ1n) is 15.7. The van der Waals surface area contributed by atoms with Gasteiger partial charge in [0.2, 0.25) is 5.91 Å². The standard InChI is InChI=1S/C35H52N2O2S/c1-4-5-6-7-8-9-10-11-12-13-14-15-25-39-35-18-16-17-32(26-35)23-24-37(31(3)38)34-21-19-33(20-22-34)28-36-27-30(2)40-29-36/h16-22,26-27H,4-15,23-25,28-29H2,1-3H3. The van der Waals surface area contributed by atoms with E-state index in [-0.39, 0.29) is 5.91 Å². The first kappa shape index (κ1) is 32.1. The summed E-state index contributed by atoms with van der Waals surface area (Å²) in [6.07, 6.45) is 19.2. The van der Waals surface area contributed by atoms with Gasteiger partial charge in [-0.1, -0.05) is 102 Å². The quantitative estimate of drug-likeness (QED) is 0.150. The Balaban J connectivity index is 1.32. The normalized spacial score (nSPS) is 13.0. The van der Waals surface area contributed by atoms with Gasteiger partial charge in [-0.25, -0.2) is 0 Å². The lowest BCUT2D eigenvalue weighted by Gasteiger charge is -2.22. The molecule has 0 saturated carbocycles. The van der Waals surface area contributed by atoms with Crippen molar-refractivity contribution in [2.45, 2.75) is 111 Å². The third-order valence-corrected chi connectivity index (χ3v) is 8.65. The zero-order valence-electron chi connectivity index (χ0n) is 25.3. The van der Waals surface area contributed by atoms with Gasteiger partial charge in [-0.2, -0.15) is 0 Å². The highest BCUT2D eigenvalue weighted by molar-refractivity contribution is 8.03. The Morgan fingerprint density at radius 3 is 2.12 bits per heavy atom. The van der Waals surface area contributed by atoms with E-state index in [1.165, 1.54) is 86.7 Å².